The third-order valence-corrected chi connectivity index (χ3v) is 3.86. The highest BCUT2D eigenvalue weighted by Gasteiger charge is 2.12. The normalized spacial score (nSPS) is 17.7. The zero-order chi connectivity index (χ0) is 10.7. The van der Waals surface area contributed by atoms with Gasteiger partial charge in [0.1, 0.15) is 0 Å². The average Bonchev–Trinajstić information content (AvgIpc) is 2.25. The van der Waals surface area contributed by atoms with Gasteiger partial charge in [-0.1, -0.05) is 11.6 Å². The Morgan fingerprint density at radius 1 is 1.33 bits per heavy atom. The van der Waals surface area contributed by atoms with Gasteiger partial charge in [-0.2, -0.15) is 0 Å². The van der Waals surface area contributed by atoms with Crippen LogP contribution in [0.2, 0.25) is 5.02 Å². The second-order valence-corrected chi connectivity index (χ2v) is 5.06. The summed E-state index contributed by atoms with van der Waals surface area (Å²) < 4.78 is 0.944. The van der Waals surface area contributed by atoms with Gasteiger partial charge >= 0.3 is 0 Å². The predicted octanol–water partition coefficient (Wildman–Crippen LogP) is 3.27. The molecule has 0 saturated carbocycles. The maximum atomic E-state index is 6.03. The van der Waals surface area contributed by atoms with E-state index in [1.54, 1.807) is 0 Å². The van der Waals surface area contributed by atoms with Crippen LogP contribution in [0.1, 0.15) is 12.8 Å². The van der Waals surface area contributed by atoms with E-state index in [0.29, 0.717) is 6.04 Å². The van der Waals surface area contributed by atoms with Crippen molar-refractivity contribution in [1.82, 2.24) is 5.32 Å². The first-order valence-corrected chi connectivity index (χ1v) is 6.35. The molecule has 15 heavy (non-hydrogen) atoms. The first-order chi connectivity index (χ1) is 7.25. The number of hydrogen-bond acceptors (Lipinski definition) is 2. The molecular weight excluding hydrogens is 275 g/mol. The maximum Gasteiger partial charge on any atom is 0.0568 e. The molecule has 0 unspecified atom stereocenters. The molecule has 0 aromatic heterocycles. The van der Waals surface area contributed by atoms with E-state index in [-0.39, 0.29) is 0 Å². The van der Waals surface area contributed by atoms with Crippen LogP contribution in [0.5, 0.6) is 0 Å². The van der Waals surface area contributed by atoms with Crippen molar-refractivity contribution in [3.63, 3.8) is 0 Å². The molecule has 1 heterocycles. The van der Waals surface area contributed by atoms with E-state index < -0.39 is 0 Å². The van der Waals surface area contributed by atoms with Crippen molar-refractivity contribution in [1.29, 1.82) is 0 Å². The Hall–Kier alpha value is -0.250. The molecule has 1 aromatic rings. The van der Waals surface area contributed by atoms with Gasteiger partial charge in [0.05, 0.1) is 5.02 Å². The minimum absolute atomic E-state index is 0.573. The molecule has 1 aliphatic heterocycles. The van der Waals surface area contributed by atoms with E-state index in [9.17, 15) is 0 Å². The Morgan fingerprint density at radius 3 is 2.73 bits per heavy atom. The van der Waals surface area contributed by atoms with Crippen molar-refractivity contribution < 1.29 is 0 Å². The van der Waals surface area contributed by atoms with Gasteiger partial charge in [0, 0.05) is 16.2 Å². The first-order valence-electron chi connectivity index (χ1n) is 5.18. The number of piperidine rings is 1. The summed E-state index contributed by atoms with van der Waals surface area (Å²) in [7, 11) is 0. The van der Waals surface area contributed by atoms with Gasteiger partial charge < -0.3 is 10.6 Å². The lowest BCUT2D eigenvalue weighted by atomic mass is 10.1. The van der Waals surface area contributed by atoms with Crippen molar-refractivity contribution in [3.8, 4) is 0 Å². The van der Waals surface area contributed by atoms with Gasteiger partial charge in [0.2, 0.25) is 0 Å². The maximum absolute atomic E-state index is 6.03. The fourth-order valence-electron chi connectivity index (χ4n) is 1.79. The van der Waals surface area contributed by atoms with Crippen molar-refractivity contribution in [2.45, 2.75) is 18.9 Å². The largest absolute Gasteiger partial charge is 0.382 e. The summed E-state index contributed by atoms with van der Waals surface area (Å²) in [6.45, 7) is 2.20. The molecule has 1 aliphatic rings. The quantitative estimate of drug-likeness (QED) is 0.873. The molecule has 0 radical (unpaired) electrons. The second-order valence-electron chi connectivity index (χ2n) is 3.80. The molecule has 0 amide bonds. The predicted molar refractivity (Wildman–Crippen MR) is 68.7 cm³/mol. The smallest absolute Gasteiger partial charge is 0.0568 e. The number of nitrogens with one attached hydrogen (secondary N) is 2. The summed E-state index contributed by atoms with van der Waals surface area (Å²) in [6, 6.07) is 6.57. The molecule has 1 aromatic carbocycles. The van der Waals surface area contributed by atoms with E-state index in [0.717, 1.165) is 28.3 Å². The highest BCUT2D eigenvalue weighted by molar-refractivity contribution is 9.10. The van der Waals surface area contributed by atoms with Crippen molar-refractivity contribution >= 4 is 33.2 Å². The fraction of sp³-hybridized carbons (Fsp3) is 0.455. The summed E-state index contributed by atoms with van der Waals surface area (Å²) in [5, 5.41) is 7.61. The van der Waals surface area contributed by atoms with Crippen LogP contribution < -0.4 is 10.6 Å². The minimum Gasteiger partial charge on any atom is -0.382 e. The molecule has 0 atom stereocenters. The van der Waals surface area contributed by atoms with Crippen LogP contribution in [-0.4, -0.2) is 19.1 Å². The van der Waals surface area contributed by atoms with Crippen molar-refractivity contribution in [3.05, 3.63) is 27.7 Å². The topological polar surface area (TPSA) is 24.1 Å². The highest BCUT2D eigenvalue weighted by Crippen LogP contribution is 2.26. The standard InChI is InChI=1S/C11H14BrClN2/c12-10-2-1-9(7-11(10)13)15-8-3-5-14-6-4-8/h1-2,7-8,14-15H,3-6H2. The molecule has 82 valence electrons. The van der Waals surface area contributed by atoms with Gasteiger partial charge in [0.15, 0.2) is 0 Å². The molecular formula is C11H14BrClN2. The van der Waals surface area contributed by atoms with Gasteiger partial charge in [-0.05, 0) is 60.1 Å². The Labute approximate surface area is 104 Å². The minimum atomic E-state index is 0.573. The van der Waals surface area contributed by atoms with Crippen LogP contribution in [0.3, 0.4) is 0 Å². The molecule has 0 bridgehead atoms. The summed E-state index contributed by atoms with van der Waals surface area (Å²) in [6.07, 6.45) is 2.35. The van der Waals surface area contributed by atoms with Crippen LogP contribution in [-0.2, 0) is 0 Å². The molecule has 2 rings (SSSR count). The summed E-state index contributed by atoms with van der Waals surface area (Å²) in [4.78, 5) is 0. The monoisotopic (exact) mass is 288 g/mol. The average molecular weight is 290 g/mol. The number of benzene rings is 1. The van der Waals surface area contributed by atoms with Crippen molar-refractivity contribution in [2.24, 2.45) is 0 Å². The summed E-state index contributed by atoms with van der Waals surface area (Å²) in [5.74, 6) is 0. The molecule has 0 spiro atoms. The molecule has 4 heteroatoms. The SMILES string of the molecule is Clc1cc(NC2CCNCC2)ccc1Br. The lowest BCUT2D eigenvalue weighted by Gasteiger charge is -2.24. The zero-order valence-corrected chi connectivity index (χ0v) is 10.7. The van der Waals surface area contributed by atoms with Crippen LogP contribution in [0.25, 0.3) is 0 Å². The van der Waals surface area contributed by atoms with Crippen LogP contribution in [0.4, 0.5) is 5.69 Å². The molecule has 2 N–H and O–H groups in total. The Morgan fingerprint density at radius 2 is 2.07 bits per heavy atom. The molecule has 2 nitrogen and oxygen atoms in total. The number of hydrogen-bond donors (Lipinski definition) is 2. The zero-order valence-electron chi connectivity index (χ0n) is 8.39. The highest BCUT2D eigenvalue weighted by atomic mass is 79.9. The van der Waals surface area contributed by atoms with Crippen molar-refractivity contribution in [2.75, 3.05) is 18.4 Å². The van der Waals surface area contributed by atoms with E-state index >= 15 is 0 Å². The van der Waals surface area contributed by atoms with Gasteiger partial charge in [-0.15, -0.1) is 0 Å². The Bertz CT molecular complexity index is 337. The van der Waals surface area contributed by atoms with Gasteiger partial charge in [0.25, 0.3) is 0 Å². The second kappa shape index (κ2) is 5.19. The van der Waals surface area contributed by atoms with E-state index in [1.165, 1.54) is 12.8 Å². The number of anilines is 1. The van der Waals surface area contributed by atoms with E-state index in [4.69, 9.17) is 11.6 Å². The Balaban J connectivity index is 2.00. The van der Waals surface area contributed by atoms with Crippen LogP contribution in [0.15, 0.2) is 22.7 Å². The number of rotatable bonds is 2. The number of halogens is 2. The van der Waals surface area contributed by atoms with E-state index in [1.807, 2.05) is 12.1 Å². The van der Waals surface area contributed by atoms with Gasteiger partial charge in [-0.3, -0.25) is 0 Å². The first kappa shape index (κ1) is 11.2. The third kappa shape index (κ3) is 3.10. The van der Waals surface area contributed by atoms with Crippen LogP contribution in [0, 0.1) is 0 Å². The van der Waals surface area contributed by atoms with Gasteiger partial charge in [-0.25, -0.2) is 0 Å². The third-order valence-electron chi connectivity index (χ3n) is 2.63. The molecule has 1 saturated heterocycles. The lowest BCUT2D eigenvalue weighted by molar-refractivity contribution is 0.479. The fourth-order valence-corrected chi connectivity index (χ4v) is 2.22. The summed E-state index contributed by atoms with van der Waals surface area (Å²) in [5.41, 5.74) is 1.11. The van der Waals surface area contributed by atoms with Crippen LogP contribution >= 0.6 is 27.5 Å². The molecule has 1 fully saturated rings. The Kier molecular flexibility index (Phi) is 3.89. The lowest BCUT2D eigenvalue weighted by Crippen LogP contribution is -2.35. The molecule has 0 aliphatic carbocycles. The van der Waals surface area contributed by atoms with E-state index in [2.05, 4.69) is 32.6 Å². The summed E-state index contributed by atoms with van der Waals surface area (Å²) >= 11 is 9.42.